The number of nitrogens with zero attached hydrogens (tertiary/aromatic N) is 8. The molecule has 0 atom stereocenters. The Bertz CT molecular complexity index is 2880. The van der Waals surface area contributed by atoms with Crippen LogP contribution >= 0.6 is 0 Å². The number of carbonyl (C=O) groups excluding carboxylic acids is 1. The molecule has 0 spiro atoms. The Kier molecular flexibility index (Phi) is 13.8. The van der Waals surface area contributed by atoms with Crippen molar-refractivity contribution in [3.8, 4) is 11.5 Å². The van der Waals surface area contributed by atoms with Crippen molar-refractivity contribution in [3.63, 3.8) is 0 Å². The van der Waals surface area contributed by atoms with E-state index in [0.29, 0.717) is 68.1 Å². The van der Waals surface area contributed by atoms with Gasteiger partial charge in [0.1, 0.15) is 32.7 Å². The summed E-state index contributed by atoms with van der Waals surface area (Å²) in [6.07, 6.45) is 0. The quantitative estimate of drug-likeness (QED) is 0.0339. The zero-order chi connectivity index (χ0) is 46.2. The van der Waals surface area contributed by atoms with Gasteiger partial charge in [0.25, 0.3) is 20.2 Å². The topological polar surface area (TPSA) is 319 Å². The molecule has 0 saturated heterocycles. The number of methoxy groups -OCH3 is 2. The van der Waals surface area contributed by atoms with Crippen LogP contribution in [0.4, 0.5) is 73.0 Å². The number of nitrogen functional groups attached to an aromatic ring is 2. The summed E-state index contributed by atoms with van der Waals surface area (Å²) in [4.78, 5) is 12.3. The minimum atomic E-state index is -4.58. The molecular formula is C41H38N12O9S2. The van der Waals surface area contributed by atoms with E-state index < -0.39 is 36.1 Å². The van der Waals surface area contributed by atoms with Gasteiger partial charge in [-0.3, -0.25) is 9.11 Å². The van der Waals surface area contributed by atoms with Gasteiger partial charge in [0, 0.05) is 23.5 Å². The minimum Gasteiger partial charge on any atom is -0.494 e. The van der Waals surface area contributed by atoms with Crippen molar-refractivity contribution in [3.05, 3.63) is 120 Å². The Balaban J connectivity index is 1.09. The van der Waals surface area contributed by atoms with Gasteiger partial charge in [-0.15, -0.1) is 10.2 Å². The molecular weight excluding hydrogens is 869 g/mol. The highest BCUT2D eigenvalue weighted by molar-refractivity contribution is 7.86. The molecule has 23 heteroatoms. The van der Waals surface area contributed by atoms with Crippen LogP contribution in [-0.2, 0) is 20.2 Å². The fourth-order valence-corrected chi connectivity index (χ4v) is 6.95. The predicted molar refractivity (Wildman–Crippen MR) is 239 cm³/mol. The van der Waals surface area contributed by atoms with Crippen LogP contribution in [0.1, 0.15) is 11.1 Å². The predicted octanol–water partition coefficient (Wildman–Crippen LogP) is 11.3. The fourth-order valence-electron chi connectivity index (χ4n) is 5.64. The van der Waals surface area contributed by atoms with Crippen molar-refractivity contribution in [1.82, 2.24) is 0 Å². The van der Waals surface area contributed by atoms with Gasteiger partial charge in [0.2, 0.25) is 0 Å². The maximum absolute atomic E-state index is 13.3. The lowest BCUT2D eigenvalue weighted by molar-refractivity contribution is 0.262. The molecule has 0 bridgehead atoms. The molecule has 0 unspecified atom stereocenters. The van der Waals surface area contributed by atoms with E-state index in [-0.39, 0.29) is 22.7 Å². The molecule has 0 heterocycles. The number of benzene rings is 6. The number of nitrogens with two attached hydrogens (primary N) is 2. The molecule has 64 heavy (non-hydrogen) atoms. The van der Waals surface area contributed by atoms with E-state index in [4.69, 9.17) is 20.9 Å². The summed E-state index contributed by atoms with van der Waals surface area (Å²) in [6.45, 7) is 3.57. The number of rotatable bonds is 14. The first-order valence-electron chi connectivity index (χ1n) is 18.5. The molecule has 6 rings (SSSR count). The van der Waals surface area contributed by atoms with Gasteiger partial charge in [-0.25, -0.2) is 4.79 Å². The Morgan fingerprint density at radius 2 is 0.797 bits per heavy atom. The molecule has 328 valence electrons. The Morgan fingerprint density at radius 3 is 1.09 bits per heavy atom. The van der Waals surface area contributed by atoms with Gasteiger partial charge in [0.05, 0.1) is 59.7 Å². The summed E-state index contributed by atoms with van der Waals surface area (Å²) in [5, 5.41) is 38.8. The molecule has 0 saturated carbocycles. The van der Waals surface area contributed by atoms with E-state index in [1.165, 1.54) is 38.5 Å². The Hall–Kier alpha value is -7.99. The zero-order valence-electron chi connectivity index (χ0n) is 34.2. The smallest absolute Gasteiger partial charge is 0.323 e. The largest absolute Gasteiger partial charge is 0.494 e. The standard InChI is InChI=1S/C41H38N12O9S2/c1-23-17-35(37(61-3)21-33(23)52-48-29-11-7-27(8-12-29)46-50-31-15-5-25(42)19-39(31)63(55,56)57)44-41(54)45-36-18-24(2)34(22-38(36)62-4)53-49-30-13-9-28(10-14-30)47-51-32-16-6-26(43)20-40(32)64(58,59)60/h5-22H,42-43H2,1-4H3,(H2,44,45,54)(H,55,56,57)(H,58,59,60). The third kappa shape index (κ3) is 11.7. The van der Waals surface area contributed by atoms with Crippen LogP contribution in [0, 0.1) is 13.8 Å². The summed E-state index contributed by atoms with van der Waals surface area (Å²) in [6, 6.07) is 26.5. The van der Waals surface area contributed by atoms with E-state index in [9.17, 15) is 30.7 Å². The lowest BCUT2D eigenvalue weighted by atomic mass is 10.1. The number of ether oxygens (including phenoxy) is 2. The van der Waals surface area contributed by atoms with Gasteiger partial charge in [-0.05, 0) is 122 Å². The number of hydrogen-bond acceptors (Lipinski definition) is 17. The van der Waals surface area contributed by atoms with Crippen molar-refractivity contribution in [2.75, 3.05) is 36.3 Å². The average molecular weight is 907 g/mol. The van der Waals surface area contributed by atoms with Crippen LogP contribution in [0.2, 0.25) is 0 Å². The second-order valence-corrected chi connectivity index (χ2v) is 16.3. The number of aryl methyl sites for hydroxylation is 2. The van der Waals surface area contributed by atoms with Crippen molar-refractivity contribution in [1.29, 1.82) is 0 Å². The highest BCUT2D eigenvalue weighted by atomic mass is 32.2. The summed E-state index contributed by atoms with van der Waals surface area (Å²) in [7, 11) is -6.27. The van der Waals surface area contributed by atoms with Crippen molar-refractivity contribution >= 4 is 94.5 Å². The second-order valence-electron chi connectivity index (χ2n) is 13.5. The first kappa shape index (κ1) is 45.5. The van der Waals surface area contributed by atoms with E-state index in [1.807, 2.05) is 0 Å². The van der Waals surface area contributed by atoms with E-state index in [0.717, 1.165) is 12.1 Å². The Labute approximate surface area is 366 Å². The molecule has 0 fully saturated rings. The summed E-state index contributed by atoms with van der Waals surface area (Å²) in [5.74, 6) is 0.612. The molecule has 0 aromatic heterocycles. The van der Waals surface area contributed by atoms with Gasteiger partial charge in [0.15, 0.2) is 0 Å². The first-order valence-corrected chi connectivity index (χ1v) is 21.3. The van der Waals surface area contributed by atoms with Crippen LogP contribution in [0.15, 0.2) is 160 Å². The molecule has 8 N–H and O–H groups in total. The number of anilines is 4. The SMILES string of the molecule is COc1cc(N=Nc2ccc(N=Nc3ccc(N)cc3S(=O)(=O)O)cc2)c(C)cc1NC(=O)Nc1cc(C)c(N=Nc2ccc(N=Nc3ccc(N)cc3S(=O)(=O)O)cc2)cc1OC. The second kappa shape index (κ2) is 19.4. The van der Waals surface area contributed by atoms with Gasteiger partial charge >= 0.3 is 6.03 Å². The molecule has 6 aromatic carbocycles. The fraction of sp³-hybridized carbons (Fsp3) is 0.0976. The van der Waals surface area contributed by atoms with Crippen molar-refractivity contribution in [2.45, 2.75) is 23.6 Å². The molecule has 0 aliphatic carbocycles. The highest BCUT2D eigenvalue weighted by Gasteiger charge is 2.18. The van der Waals surface area contributed by atoms with Crippen molar-refractivity contribution < 1.29 is 40.2 Å². The molecule has 0 aliphatic heterocycles. The highest BCUT2D eigenvalue weighted by Crippen LogP contribution is 2.37. The minimum absolute atomic E-state index is 0.0878. The normalized spacial score (nSPS) is 12.1. The number of nitrogens with one attached hydrogen (secondary N) is 2. The van der Waals surface area contributed by atoms with Crippen LogP contribution in [-0.4, -0.2) is 46.2 Å². The third-order valence-corrected chi connectivity index (χ3v) is 10.6. The zero-order valence-corrected chi connectivity index (χ0v) is 35.8. The van der Waals surface area contributed by atoms with Gasteiger partial charge in [-0.1, -0.05) is 0 Å². The Morgan fingerprint density at radius 1 is 0.484 bits per heavy atom. The number of amides is 2. The van der Waals surface area contributed by atoms with E-state index >= 15 is 0 Å². The van der Waals surface area contributed by atoms with Crippen LogP contribution in [0.5, 0.6) is 11.5 Å². The number of azo groups is 4. The van der Waals surface area contributed by atoms with Crippen LogP contribution in [0.25, 0.3) is 0 Å². The summed E-state index contributed by atoms with van der Waals surface area (Å²) < 4.78 is 77.0. The van der Waals surface area contributed by atoms with E-state index in [2.05, 4.69) is 51.5 Å². The summed E-state index contributed by atoms with van der Waals surface area (Å²) in [5.41, 5.74) is 16.0. The van der Waals surface area contributed by atoms with Crippen LogP contribution in [0.3, 0.4) is 0 Å². The van der Waals surface area contributed by atoms with Crippen molar-refractivity contribution in [2.24, 2.45) is 40.9 Å². The molecule has 2 amide bonds. The van der Waals surface area contributed by atoms with Gasteiger partial charge < -0.3 is 31.6 Å². The number of hydrogen-bond donors (Lipinski definition) is 6. The summed E-state index contributed by atoms with van der Waals surface area (Å²) >= 11 is 0. The maximum Gasteiger partial charge on any atom is 0.323 e. The average Bonchev–Trinajstić information content (AvgIpc) is 3.25. The molecule has 0 radical (unpaired) electrons. The number of urea groups is 1. The lowest BCUT2D eigenvalue weighted by Crippen LogP contribution is -2.20. The molecule has 6 aromatic rings. The first-order chi connectivity index (χ1) is 30.4. The monoisotopic (exact) mass is 906 g/mol. The third-order valence-electron chi connectivity index (χ3n) is 8.85. The van der Waals surface area contributed by atoms with Crippen LogP contribution < -0.4 is 31.6 Å². The number of carbonyl (C=O) groups is 1. The molecule has 0 aliphatic rings. The maximum atomic E-state index is 13.3. The molecule has 21 nitrogen and oxygen atoms in total. The lowest BCUT2D eigenvalue weighted by Gasteiger charge is -2.15. The van der Waals surface area contributed by atoms with Gasteiger partial charge in [-0.2, -0.15) is 47.5 Å². The van der Waals surface area contributed by atoms with E-state index in [1.54, 1.807) is 86.6 Å².